The van der Waals surface area contributed by atoms with E-state index in [1.165, 1.54) is 10.0 Å². The van der Waals surface area contributed by atoms with Crippen LogP contribution in [-0.2, 0) is 16.6 Å². The van der Waals surface area contributed by atoms with Crippen molar-refractivity contribution in [1.82, 2.24) is 13.8 Å². The van der Waals surface area contributed by atoms with Gasteiger partial charge in [0.2, 0.25) is 0 Å². The zero-order valence-electron chi connectivity index (χ0n) is 17.7. The van der Waals surface area contributed by atoms with Crippen molar-refractivity contribution in [3.05, 3.63) is 59.8 Å². The van der Waals surface area contributed by atoms with Crippen LogP contribution in [0.1, 0.15) is 30.9 Å². The van der Waals surface area contributed by atoms with Crippen LogP contribution in [0.25, 0.3) is 10.9 Å². The first kappa shape index (κ1) is 20.9. The second kappa shape index (κ2) is 8.06. The Hall–Kier alpha value is -2.35. The van der Waals surface area contributed by atoms with Crippen molar-refractivity contribution in [2.45, 2.75) is 31.2 Å². The Morgan fingerprint density at radius 1 is 1.00 bits per heavy atom. The number of aromatic hydroxyl groups is 1. The second-order valence-electron chi connectivity index (χ2n) is 8.46. The molecular weight excluding hydrogens is 398 g/mol. The van der Waals surface area contributed by atoms with Gasteiger partial charge in [0.15, 0.2) is 0 Å². The van der Waals surface area contributed by atoms with E-state index in [4.69, 9.17) is 0 Å². The number of phenolic OH excluding ortho intramolecular Hbond substituents is 1. The summed E-state index contributed by atoms with van der Waals surface area (Å²) < 4.78 is 28.2. The number of nitrogens with zero attached hydrogens (tertiary/aromatic N) is 3. The summed E-state index contributed by atoms with van der Waals surface area (Å²) in [6, 6.07) is 12.0. The second-order valence-corrected chi connectivity index (χ2v) is 10.3. The summed E-state index contributed by atoms with van der Waals surface area (Å²) in [7, 11) is -1.63. The van der Waals surface area contributed by atoms with Crippen molar-refractivity contribution in [2.75, 3.05) is 33.2 Å². The standard InChI is InChI=1S/C23H29N3O3S/c1-17(2)18-4-7-21(8-5-18)30(28,29)26-16-19(15-25-12-10-24(3)11-13-25)22-14-20(27)6-9-23(22)26/h4-9,14,16-17,27H,10-13,15H2,1-3H3. The molecule has 0 unspecified atom stereocenters. The Morgan fingerprint density at radius 2 is 1.67 bits per heavy atom. The Morgan fingerprint density at radius 3 is 2.30 bits per heavy atom. The molecule has 0 radical (unpaired) electrons. The van der Waals surface area contributed by atoms with Gasteiger partial charge in [-0.15, -0.1) is 0 Å². The Balaban J connectivity index is 1.75. The van der Waals surface area contributed by atoms with Crippen LogP contribution < -0.4 is 0 Å². The molecule has 0 atom stereocenters. The first-order valence-electron chi connectivity index (χ1n) is 10.3. The van der Waals surface area contributed by atoms with Crippen molar-refractivity contribution < 1.29 is 13.5 Å². The monoisotopic (exact) mass is 427 g/mol. The topological polar surface area (TPSA) is 65.8 Å². The minimum atomic E-state index is -3.74. The lowest BCUT2D eigenvalue weighted by Crippen LogP contribution is -2.43. The van der Waals surface area contributed by atoms with Crippen molar-refractivity contribution in [2.24, 2.45) is 0 Å². The van der Waals surface area contributed by atoms with E-state index in [1.54, 1.807) is 30.5 Å². The number of rotatable bonds is 5. The van der Waals surface area contributed by atoms with E-state index in [-0.39, 0.29) is 10.6 Å². The van der Waals surface area contributed by atoms with Gasteiger partial charge in [0.1, 0.15) is 5.75 Å². The van der Waals surface area contributed by atoms with Gasteiger partial charge in [0, 0.05) is 44.3 Å². The SMILES string of the molecule is CC(C)c1ccc(S(=O)(=O)n2cc(CN3CCN(C)CC3)c3cc(O)ccc32)cc1. The lowest BCUT2D eigenvalue weighted by molar-refractivity contribution is 0.148. The summed E-state index contributed by atoms with van der Waals surface area (Å²) in [5, 5.41) is 10.8. The molecule has 1 aromatic heterocycles. The van der Waals surface area contributed by atoms with E-state index < -0.39 is 10.0 Å². The quantitative estimate of drug-likeness (QED) is 0.676. The van der Waals surface area contributed by atoms with Crippen molar-refractivity contribution >= 4 is 20.9 Å². The lowest BCUT2D eigenvalue weighted by Gasteiger charge is -2.32. The summed E-state index contributed by atoms with van der Waals surface area (Å²) in [4.78, 5) is 4.88. The summed E-state index contributed by atoms with van der Waals surface area (Å²) in [5.41, 5.74) is 2.60. The highest BCUT2D eigenvalue weighted by Gasteiger charge is 2.23. The average Bonchev–Trinajstić information content (AvgIpc) is 3.08. The third-order valence-corrected chi connectivity index (χ3v) is 7.62. The minimum Gasteiger partial charge on any atom is -0.508 e. The van der Waals surface area contributed by atoms with Crippen molar-refractivity contribution in [3.8, 4) is 5.75 Å². The minimum absolute atomic E-state index is 0.138. The van der Waals surface area contributed by atoms with E-state index in [0.29, 0.717) is 18.0 Å². The molecule has 2 aromatic carbocycles. The summed E-state index contributed by atoms with van der Waals surface area (Å²) >= 11 is 0. The largest absolute Gasteiger partial charge is 0.508 e. The molecule has 7 heteroatoms. The molecular formula is C23H29N3O3S. The molecule has 1 fully saturated rings. The van der Waals surface area contributed by atoms with E-state index >= 15 is 0 Å². The van der Waals surface area contributed by atoms with Crippen LogP contribution in [0.2, 0.25) is 0 Å². The van der Waals surface area contributed by atoms with Crippen LogP contribution in [-0.4, -0.2) is 60.5 Å². The number of hydrogen-bond donors (Lipinski definition) is 1. The third-order valence-electron chi connectivity index (χ3n) is 5.93. The molecule has 0 aliphatic carbocycles. The Kier molecular flexibility index (Phi) is 5.61. The predicted octanol–water partition coefficient (Wildman–Crippen LogP) is 3.45. The zero-order chi connectivity index (χ0) is 21.5. The number of aromatic nitrogens is 1. The van der Waals surface area contributed by atoms with E-state index in [0.717, 1.165) is 42.7 Å². The average molecular weight is 428 g/mol. The Bertz CT molecular complexity index is 1140. The van der Waals surface area contributed by atoms with Crippen LogP contribution in [0.4, 0.5) is 0 Å². The summed E-state index contributed by atoms with van der Waals surface area (Å²) in [5.74, 6) is 0.478. The summed E-state index contributed by atoms with van der Waals surface area (Å²) in [6.45, 7) is 8.67. The molecule has 4 rings (SSSR count). The van der Waals surface area contributed by atoms with Crippen LogP contribution in [0.15, 0.2) is 53.6 Å². The van der Waals surface area contributed by atoms with E-state index in [9.17, 15) is 13.5 Å². The van der Waals surface area contributed by atoms with E-state index in [2.05, 4.69) is 30.7 Å². The van der Waals surface area contributed by atoms with Gasteiger partial charge in [0.05, 0.1) is 10.4 Å². The normalized spacial score (nSPS) is 16.5. The van der Waals surface area contributed by atoms with Gasteiger partial charge in [-0.3, -0.25) is 4.90 Å². The van der Waals surface area contributed by atoms with Crippen LogP contribution in [0.3, 0.4) is 0 Å². The number of likely N-dealkylation sites (N-methyl/N-ethyl adjacent to an activating group) is 1. The molecule has 1 N–H and O–H groups in total. The lowest BCUT2D eigenvalue weighted by atomic mass is 10.0. The van der Waals surface area contributed by atoms with Gasteiger partial charge in [-0.1, -0.05) is 26.0 Å². The third kappa shape index (κ3) is 3.97. The number of phenols is 1. The van der Waals surface area contributed by atoms with Crippen LogP contribution in [0.5, 0.6) is 5.75 Å². The van der Waals surface area contributed by atoms with Gasteiger partial charge >= 0.3 is 0 Å². The fraction of sp³-hybridized carbons (Fsp3) is 0.391. The highest BCUT2D eigenvalue weighted by molar-refractivity contribution is 7.90. The molecule has 0 amide bonds. The Labute approximate surface area is 178 Å². The molecule has 1 saturated heterocycles. The first-order chi connectivity index (χ1) is 14.3. The highest BCUT2D eigenvalue weighted by atomic mass is 32.2. The number of hydrogen-bond acceptors (Lipinski definition) is 5. The van der Waals surface area contributed by atoms with Crippen LogP contribution in [0, 0.1) is 0 Å². The molecule has 0 spiro atoms. The molecule has 1 aliphatic heterocycles. The molecule has 2 heterocycles. The zero-order valence-corrected chi connectivity index (χ0v) is 18.6. The van der Waals surface area contributed by atoms with E-state index in [1.807, 2.05) is 12.1 Å². The summed E-state index contributed by atoms with van der Waals surface area (Å²) in [6.07, 6.45) is 1.72. The molecule has 160 valence electrons. The highest BCUT2D eigenvalue weighted by Crippen LogP contribution is 2.30. The molecule has 1 aliphatic rings. The maximum absolute atomic E-state index is 13.4. The van der Waals surface area contributed by atoms with Crippen molar-refractivity contribution in [3.63, 3.8) is 0 Å². The predicted molar refractivity (Wildman–Crippen MR) is 119 cm³/mol. The van der Waals surface area contributed by atoms with Gasteiger partial charge < -0.3 is 10.0 Å². The van der Waals surface area contributed by atoms with Gasteiger partial charge in [0.25, 0.3) is 10.0 Å². The maximum atomic E-state index is 13.4. The van der Waals surface area contributed by atoms with Crippen molar-refractivity contribution in [1.29, 1.82) is 0 Å². The number of fused-ring (bicyclic) bond motifs is 1. The molecule has 30 heavy (non-hydrogen) atoms. The molecule has 3 aromatic rings. The molecule has 0 bridgehead atoms. The number of piperazine rings is 1. The van der Waals surface area contributed by atoms with Gasteiger partial charge in [-0.05, 0) is 54.4 Å². The number of benzene rings is 2. The maximum Gasteiger partial charge on any atom is 0.268 e. The first-order valence-corrected chi connectivity index (χ1v) is 11.8. The van der Waals surface area contributed by atoms with Crippen LogP contribution >= 0.6 is 0 Å². The molecule has 6 nitrogen and oxygen atoms in total. The fourth-order valence-corrected chi connectivity index (χ4v) is 5.36. The fourth-order valence-electron chi connectivity index (χ4n) is 3.96. The van der Waals surface area contributed by atoms with Gasteiger partial charge in [-0.2, -0.15) is 0 Å². The van der Waals surface area contributed by atoms with Gasteiger partial charge in [-0.25, -0.2) is 12.4 Å². The smallest absolute Gasteiger partial charge is 0.268 e. The molecule has 0 saturated carbocycles.